The summed E-state index contributed by atoms with van der Waals surface area (Å²) in [5, 5.41) is 0. The van der Waals surface area contributed by atoms with Crippen LogP contribution >= 0.6 is 0 Å². The number of rotatable bonds is 3. The zero-order valence-electron chi connectivity index (χ0n) is 9.03. The van der Waals surface area contributed by atoms with Gasteiger partial charge in [0.2, 0.25) is 5.91 Å². The second kappa shape index (κ2) is 5.32. The highest BCUT2D eigenvalue weighted by molar-refractivity contribution is 5.81. The van der Waals surface area contributed by atoms with Crippen LogP contribution in [0.4, 0.5) is 0 Å². The van der Waals surface area contributed by atoms with E-state index in [2.05, 4.69) is 0 Å². The number of morpholine rings is 1. The summed E-state index contributed by atoms with van der Waals surface area (Å²) in [7, 11) is 0. The zero-order valence-corrected chi connectivity index (χ0v) is 9.03. The first kappa shape index (κ1) is 11.5. The van der Waals surface area contributed by atoms with Crippen LogP contribution in [0.1, 0.15) is 26.7 Å². The monoisotopic (exact) mass is 200 g/mol. The Morgan fingerprint density at radius 1 is 1.71 bits per heavy atom. The Balaban J connectivity index is 2.42. The van der Waals surface area contributed by atoms with Crippen LogP contribution in [0, 0.1) is 0 Å². The molecule has 4 nitrogen and oxygen atoms in total. The molecule has 0 aromatic heterocycles. The molecule has 1 fully saturated rings. The van der Waals surface area contributed by atoms with E-state index in [9.17, 15) is 4.79 Å². The summed E-state index contributed by atoms with van der Waals surface area (Å²) in [5.74, 6) is 0.0713. The first-order chi connectivity index (χ1) is 6.65. The van der Waals surface area contributed by atoms with Gasteiger partial charge in [0.1, 0.15) is 0 Å². The molecule has 1 rings (SSSR count). The molecular formula is C10H20N2O2. The molecule has 0 aromatic carbocycles. The lowest BCUT2D eigenvalue weighted by atomic mass is 10.1. The van der Waals surface area contributed by atoms with Gasteiger partial charge in [-0.1, -0.05) is 13.3 Å². The number of carbonyl (C=O) groups is 1. The van der Waals surface area contributed by atoms with E-state index in [1.165, 1.54) is 0 Å². The van der Waals surface area contributed by atoms with Gasteiger partial charge in [-0.2, -0.15) is 0 Å². The highest BCUT2D eigenvalue weighted by Gasteiger charge is 2.24. The molecule has 1 amide bonds. The van der Waals surface area contributed by atoms with E-state index < -0.39 is 0 Å². The number of hydrogen-bond donors (Lipinski definition) is 1. The summed E-state index contributed by atoms with van der Waals surface area (Å²) in [6, 6.07) is -0.328. The Morgan fingerprint density at radius 2 is 2.43 bits per heavy atom. The normalized spacial score (nSPS) is 24.8. The lowest BCUT2D eigenvalue weighted by molar-refractivity contribution is -0.139. The third kappa shape index (κ3) is 2.96. The van der Waals surface area contributed by atoms with Crippen molar-refractivity contribution in [3.63, 3.8) is 0 Å². The van der Waals surface area contributed by atoms with E-state index in [4.69, 9.17) is 10.5 Å². The molecule has 4 heteroatoms. The predicted octanol–water partition coefficient (Wildman–Crippen LogP) is 0.361. The standard InChI is InChI=1S/C10H20N2O2/c1-3-4-9(11)10(13)12-5-6-14-8(2)7-12/h8-9H,3-7,11H2,1-2H3/t8?,9-/m0/s1. The minimum atomic E-state index is -0.328. The summed E-state index contributed by atoms with van der Waals surface area (Å²) >= 11 is 0. The van der Waals surface area contributed by atoms with Gasteiger partial charge in [0, 0.05) is 13.1 Å². The third-order valence-corrected chi connectivity index (χ3v) is 2.47. The molecule has 1 aliphatic rings. The summed E-state index contributed by atoms with van der Waals surface area (Å²) < 4.78 is 5.36. The van der Waals surface area contributed by atoms with E-state index in [1.54, 1.807) is 0 Å². The van der Waals surface area contributed by atoms with E-state index in [0.29, 0.717) is 19.7 Å². The lowest BCUT2D eigenvalue weighted by Gasteiger charge is -2.32. The van der Waals surface area contributed by atoms with Gasteiger partial charge in [-0.25, -0.2) is 0 Å². The van der Waals surface area contributed by atoms with Crippen LogP contribution in [0.5, 0.6) is 0 Å². The van der Waals surface area contributed by atoms with Crippen LogP contribution in [0.15, 0.2) is 0 Å². The largest absolute Gasteiger partial charge is 0.375 e. The Bertz CT molecular complexity index is 197. The maximum absolute atomic E-state index is 11.8. The molecule has 0 radical (unpaired) electrons. The molecule has 1 aliphatic heterocycles. The Kier molecular flexibility index (Phi) is 4.35. The Hall–Kier alpha value is -0.610. The molecule has 2 N–H and O–H groups in total. The molecule has 14 heavy (non-hydrogen) atoms. The minimum Gasteiger partial charge on any atom is -0.375 e. The average molecular weight is 200 g/mol. The minimum absolute atomic E-state index is 0.0713. The fraction of sp³-hybridized carbons (Fsp3) is 0.900. The third-order valence-electron chi connectivity index (χ3n) is 2.47. The van der Waals surface area contributed by atoms with Gasteiger partial charge in [-0.3, -0.25) is 4.79 Å². The summed E-state index contributed by atoms with van der Waals surface area (Å²) in [6.07, 6.45) is 1.86. The van der Waals surface area contributed by atoms with Crippen molar-refractivity contribution >= 4 is 5.91 Å². The van der Waals surface area contributed by atoms with Crippen molar-refractivity contribution in [3.8, 4) is 0 Å². The molecule has 0 aromatic rings. The first-order valence-corrected chi connectivity index (χ1v) is 5.31. The van der Waals surface area contributed by atoms with Crippen LogP contribution in [0.3, 0.4) is 0 Å². The molecule has 0 aliphatic carbocycles. The molecule has 0 saturated carbocycles. The fourth-order valence-corrected chi connectivity index (χ4v) is 1.69. The molecule has 0 bridgehead atoms. The van der Waals surface area contributed by atoms with Crippen LogP contribution in [0.25, 0.3) is 0 Å². The number of nitrogens with zero attached hydrogens (tertiary/aromatic N) is 1. The molecule has 1 heterocycles. The number of nitrogens with two attached hydrogens (primary N) is 1. The van der Waals surface area contributed by atoms with E-state index in [1.807, 2.05) is 18.7 Å². The first-order valence-electron chi connectivity index (χ1n) is 5.31. The van der Waals surface area contributed by atoms with Crippen molar-refractivity contribution in [2.75, 3.05) is 19.7 Å². The van der Waals surface area contributed by atoms with Crippen molar-refractivity contribution in [2.24, 2.45) is 5.73 Å². The zero-order chi connectivity index (χ0) is 10.6. The van der Waals surface area contributed by atoms with Crippen molar-refractivity contribution in [3.05, 3.63) is 0 Å². The quantitative estimate of drug-likeness (QED) is 0.715. The smallest absolute Gasteiger partial charge is 0.239 e. The number of ether oxygens (including phenoxy) is 1. The highest BCUT2D eigenvalue weighted by Crippen LogP contribution is 2.07. The molecule has 1 saturated heterocycles. The van der Waals surface area contributed by atoms with Gasteiger partial charge in [0.05, 0.1) is 18.8 Å². The molecule has 2 atom stereocenters. The van der Waals surface area contributed by atoms with Gasteiger partial charge in [-0.15, -0.1) is 0 Å². The highest BCUT2D eigenvalue weighted by atomic mass is 16.5. The van der Waals surface area contributed by atoms with Gasteiger partial charge in [-0.05, 0) is 13.3 Å². The Morgan fingerprint density at radius 3 is 3.00 bits per heavy atom. The second-order valence-electron chi connectivity index (χ2n) is 3.86. The van der Waals surface area contributed by atoms with Gasteiger partial charge < -0.3 is 15.4 Å². The van der Waals surface area contributed by atoms with Crippen LogP contribution in [0.2, 0.25) is 0 Å². The maximum Gasteiger partial charge on any atom is 0.239 e. The summed E-state index contributed by atoms with van der Waals surface area (Å²) in [6.45, 7) is 6.00. The second-order valence-corrected chi connectivity index (χ2v) is 3.86. The van der Waals surface area contributed by atoms with Crippen LogP contribution in [-0.2, 0) is 9.53 Å². The summed E-state index contributed by atoms with van der Waals surface area (Å²) in [5.41, 5.74) is 5.77. The molecule has 1 unspecified atom stereocenters. The molecule has 0 spiro atoms. The van der Waals surface area contributed by atoms with Crippen LogP contribution in [-0.4, -0.2) is 42.6 Å². The van der Waals surface area contributed by atoms with Gasteiger partial charge in [0.25, 0.3) is 0 Å². The molecule has 82 valence electrons. The number of carbonyl (C=O) groups excluding carboxylic acids is 1. The fourth-order valence-electron chi connectivity index (χ4n) is 1.69. The van der Waals surface area contributed by atoms with Gasteiger partial charge >= 0.3 is 0 Å². The lowest BCUT2D eigenvalue weighted by Crippen LogP contribution is -2.50. The van der Waals surface area contributed by atoms with Crippen LogP contribution < -0.4 is 5.73 Å². The average Bonchev–Trinajstić information content (AvgIpc) is 2.17. The SMILES string of the molecule is CCC[C@H](N)C(=O)N1CCOC(C)C1. The van der Waals surface area contributed by atoms with Crippen molar-refractivity contribution < 1.29 is 9.53 Å². The topological polar surface area (TPSA) is 55.6 Å². The van der Waals surface area contributed by atoms with Crippen molar-refractivity contribution in [1.29, 1.82) is 0 Å². The van der Waals surface area contributed by atoms with Gasteiger partial charge in [0.15, 0.2) is 0 Å². The predicted molar refractivity (Wildman–Crippen MR) is 54.9 cm³/mol. The van der Waals surface area contributed by atoms with E-state index in [-0.39, 0.29) is 18.1 Å². The van der Waals surface area contributed by atoms with Crippen molar-refractivity contribution in [2.45, 2.75) is 38.8 Å². The number of hydrogen-bond acceptors (Lipinski definition) is 3. The Labute approximate surface area is 85.4 Å². The van der Waals surface area contributed by atoms with E-state index >= 15 is 0 Å². The van der Waals surface area contributed by atoms with Crippen molar-refractivity contribution in [1.82, 2.24) is 4.90 Å². The maximum atomic E-state index is 11.8. The molecular weight excluding hydrogens is 180 g/mol. The number of amides is 1. The summed E-state index contributed by atoms with van der Waals surface area (Å²) in [4.78, 5) is 13.6. The van der Waals surface area contributed by atoms with E-state index in [0.717, 1.165) is 12.8 Å².